The van der Waals surface area contributed by atoms with E-state index in [1.54, 1.807) is 29.5 Å². The quantitative estimate of drug-likeness (QED) is 0.768. The molecule has 5 heteroatoms. The molecule has 18 heavy (non-hydrogen) atoms. The maximum Gasteiger partial charge on any atom is 0.239 e. The maximum absolute atomic E-state index is 11.5. The number of primary amides is 1. The summed E-state index contributed by atoms with van der Waals surface area (Å²) in [5, 5.41) is 14.5. The normalized spacial score (nSPS) is 12.2. The standard InChI is InChI=1S/C13H14N2O2S/c14-13(17)12(9-3-1-4-10(16)7-9)15-8-11-5-2-6-18-11/h1-7,12,15-16H,8H2,(H2,14,17). The van der Waals surface area contributed by atoms with Gasteiger partial charge in [0.15, 0.2) is 0 Å². The van der Waals surface area contributed by atoms with Crippen LogP contribution in [0.5, 0.6) is 5.75 Å². The van der Waals surface area contributed by atoms with Crippen molar-refractivity contribution in [2.45, 2.75) is 12.6 Å². The van der Waals surface area contributed by atoms with Crippen LogP contribution in [0.4, 0.5) is 0 Å². The molecule has 2 aromatic rings. The first-order valence-corrected chi connectivity index (χ1v) is 6.39. The number of rotatable bonds is 5. The Kier molecular flexibility index (Phi) is 3.96. The van der Waals surface area contributed by atoms with Crippen molar-refractivity contribution in [3.8, 4) is 5.75 Å². The van der Waals surface area contributed by atoms with Crippen molar-refractivity contribution in [2.75, 3.05) is 0 Å². The third kappa shape index (κ3) is 3.09. The van der Waals surface area contributed by atoms with E-state index >= 15 is 0 Å². The lowest BCUT2D eigenvalue weighted by Gasteiger charge is -2.15. The highest BCUT2D eigenvalue weighted by Gasteiger charge is 2.17. The predicted molar refractivity (Wildman–Crippen MR) is 71.2 cm³/mol. The van der Waals surface area contributed by atoms with E-state index in [4.69, 9.17) is 5.73 Å². The Morgan fingerprint density at radius 2 is 2.22 bits per heavy atom. The Morgan fingerprint density at radius 1 is 1.39 bits per heavy atom. The average Bonchev–Trinajstić information content (AvgIpc) is 2.82. The minimum absolute atomic E-state index is 0.122. The van der Waals surface area contributed by atoms with Gasteiger partial charge in [-0.2, -0.15) is 0 Å². The largest absolute Gasteiger partial charge is 0.508 e. The van der Waals surface area contributed by atoms with Gasteiger partial charge < -0.3 is 10.8 Å². The molecule has 1 unspecified atom stereocenters. The molecule has 1 atom stereocenters. The van der Waals surface area contributed by atoms with Crippen LogP contribution < -0.4 is 11.1 Å². The van der Waals surface area contributed by atoms with Gasteiger partial charge in [0.1, 0.15) is 11.8 Å². The zero-order chi connectivity index (χ0) is 13.0. The van der Waals surface area contributed by atoms with Crippen LogP contribution in [0.25, 0.3) is 0 Å². The number of amides is 1. The third-order valence-electron chi connectivity index (χ3n) is 2.55. The zero-order valence-electron chi connectivity index (χ0n) is 9.67. The summed E-state index contributed by atoms with van der Waals surface area (Å²) < 4.78 is 0. The number of thiophene rings is 1. The number of benzene rings is 1. The van der Waals surface area contributed by atoms with Gasteiger partial charge in [-0.05, 0) is 29.1 Å². The molecule has 2 rings (SSSR count). The lowest BCUT2D eigenvalue weighted by atomic mass is 10.1. The average molecular weight is 262 g/mol. The fraction of sp³-hybridized carbons (Fsp3) is 0.154. The van der Waals surface area contributed by atoms with E-state index in [0.29, 0.717) is 12.1 Å². The summed E-state index contributed by atoms with van der Waals surface area (Å²) in [6.07, 6.45) is 0. The summed E-state index contributed by atoms with van der Waals surface area (Å²) in [4.78, 5) is 12.6. The first-order valence-electron chi connectivity index (χ1n) is 5.51. The van der Waals surface area contributed by atoms with Crippen molar-refractivity contribution < 1.29 is 9.90 Å². The number of hydrogen-bond acceptors (Lipinski definition) is 4. The number of carbonyl (C=O) groups is 1. The fourth-order valence-electron chi connectivity index (χ4n) is 1.70. The summed E-state index contributed by atoms with van der Waals surface area (Å²) >= 11 is 1.61. The molecule has 0 saturated carbocycles. The first kappa shape index (κ1) is 12.6. The molecule has 0 saturated heterocycles. The van der Waals surface area contributed by atoms with E-state index in [1.807, 2.05) is 17.5 Å². The summed E-state index contributed by atoms with van der Waals surface area (Å²) in [6.45, 7) is 0.570. The highest BCUT2D eigenvalue weighted by molar-refractivity contribution is 7.09. The molecule has 0 spiro atoms. The van der Waals surface area contributed by atoms with Crippen molar-refractivity contribution in [1.82, 2.24) is 5.32 Å². The van der Waals surface area contributed by atoms with Crippen LogP contribution in [-0.2, 0) is 11.3 Å². The molecule has 94 valence electrons. The maximum atomic E-state index is 11.5. The van der Waals surface area contributed by atoms with Gasteiger partial charge in [0, 0.05) is 11.4 Å². The number of nitrogens with one attached hydrogen (secondary N) is 1. The Labute approximate surface area is 109 Å². The Hall–Kier alpha value is -1.85. The predicted octanol–water partition coefficient (Wildman–Crippen LogP) is 1.77. The van der Waals surface area contributed by atoms with Gasteiger partial charge >= 0.3 is 0 Å². The monoisotopic (exact) mass is 262 g/mol. The Bertz CT molecular complexity index is 526. The molecule has 1 aromatic carbocycles. The second-order valence-electron chi connectivity index (χ2n) is 3.89. The molecule has 0 bridgehead atoms. The molecule has 1 aromatic heterocycles. The SMILES string of the molecule is NC(=O)C(NCc1cccs1)c1cccc(O)c1. The number of phenols is 1. The molecule has 0 fully saturated rings. The fourth-order valence-corrected chi connectivity index (χ4v) is 2.36. The van der Waals surface area contributed by atoms with E-state index < -0.39 is 11.9 Å². The van der Waals surface area contributed by atoms with Gasteiger partial charge in [-0.25, -0.2) is 0 Å². The zero-order valence-corrected chi connectivity index (χ0v) is 10.5. The minimum atomic E-state index is -0.598. The van der Waals surface area contributed by atoms with Crippen molar-refractivity contribution in [3.05, 3.63) is 52.2 Å². The van der Waals surface area contributed by atoms with E-state index in [9.17, 15) is 9.90 Å². The van der Waals surface area contributed by atoms with Crippen LogP contribution in [0.3, 0.4) is 0 Å². The Morgan fingerprint density at radius 3 is 2.83 bits per heavy atom. The smallest absolute Gasteiger partial charge is 0.239 e. The second kappa shape index (κ2) is 5.66. The van der Waals surface area contributed by atoms with E-state index in [0.717, 1.165) is 4.88 Å². The molecule has 0 radical (unpaired) electrons. The third-order valence-corrected chi connectivity index (χ3v) is 3.42. The van der Waals surface area contributed by atoms with E-state index in [2.05, 4.69) is 5.32 Å². The van der Waals surface area contributed by atoms with Crippen molar-refractivity contribution in [3.63, 3.8) is 0 Å². The van der Waals surface area contributed by atoms with Crippen LogP contribution in [-0.4, -0.2) is 11.0 Å². The molecule has 0 aliphatic carbocycles. The van der Waals surface area contributed by atoms with Gasteiger partial charge in [-0.1, -0.05) is 18.2 Å². The number of carbonyl (C=O) groups excluding carboxylic acids is 1. The van der Waals surface area contributed by atoms with Crippen LogP contribution in [0.1, 0.15) is 16.5 Å². The lowest BCUT2D eigenvalue weighted by molar-refractivity contribution is -0.120. The molecular formula is C13H14N2O2S. The first-order chi connectivity index (χ1) is 8.66. The number of hydrogen-bond donors (Lipinski definition) is 3. The highest BCUT2D eigenvalue weighted by Crippen LogP contribution is 2.19. The van der Waals surface area contributed by atoms with Gasteiger partial charge in [-0.15, -0.1) is 11.3 Å². The molecule has 1 amide bonds. The molecule has 0 aliphatic rings. The lowest BCUT2D eigenvalue weighted by Crippen LogP contribution is -2.33. The summed E-state index contributed by atoms with van der Waals surface area (Å²) in [7, 11) is 0. The van der Waals surface area contributed by atoms with E-state index in [1.165, 1.54) is 6.07 Å². The van der Waals surface area contributed by atoms with Crippen LogP contribution in [0.15, 0.2) is 41.8 Å². The second-order valence-corrected chi connectivity index (χ2v) is 4.92. The van der Waals surface area contributed by atoms with Crippen molar-refractivity contribution in [2.24, 2.45) is 5.73 Å². The number of phenolic OH excluding ortho intramolecular Hbond substituents is 1. The minimum Gasteiger partial charge on any atom is -0.508 e. The summed E-state index contributed by atoms with van der Waals surface area (Å²) in [6, 6.07) is 9.88. The van der Waals surface area contributed by atoms with Crippen LogP contribution in [0, 0.1) is 0 Å². The van der Waals surface area contributed by atoms with Gasteiger partial charge in [0.05, 0.1) is 0 Å². The van der Waals surface area contributed by atoms with Crippen molar-refractivity contribution >= 4 is 17.2 Å². The van der Waals surface area contributed by atoms with Gasteiger partial charge in [0.25, 0.3) is 0 Å². The Balaban J connectivity index is 2.11. The van der Waals surface area contributed by atoms with Crippen LogP contribution >= 0.6 is 11.3 Å². The molecule has 1 heterocycles. The molecule has 0 aliphatic heterocycles. The van der Waals surface area contributed by atoms with Crippen molar-refractivity contribution in [1.29, 1.82) is 0 Å². The molecular weight excluding hydrogens is 248 g/mol. The van der Waals surface area contributed by atoms with E-state index in [-0.39, 0.29) is 5.75 Å². The molecule has 4 nitrogen and oxygen atoms in total. The molecule has 4 N–H and O–H groups in total. The van der Waals surface area contributed by atoms with Crippen LogP contribution in [0.2, 0.25) is 0 Å². The summed E-state index contributed by atoms with van der Waals surface area (Å²) in [5.41, 5.74) is 6.04. The van der Waals surface area contributed by atoms with Gasteiger partial charge in [0.2, 0.25) is 5.91 Å². The topological polar surface area (TPSA) is 75.4 Å². The summed E-state index contributed by atoms with van der Waals surface area (Å²) in [5.74, 6) is -0.339. The highest BCUT2D eigenvalue weighted by atomic mass is 32.1. The number of aromatic hydroxyl groups is 1. The number of nitrogens with two attached hydrogens (primary N) is 1. The van der Waals surface area contributed by atoms with Gasteiger partial charge in [-0.3, -0.25) is 10.1 Å².